The Morgan fingerprint density at radius 3 is 3.00 bits per heavy atom. The number of carbonyl (C=O) groups excluding carboxylic acids is 1. The average Bonchev–Trinajstić information content (AvgIpc) is 2.89. The maximum Gasteiger partial charge on any atom is 0.220 e. The van der Waals surface area contributed by atoms with E-state index in [0.29, 0.717) is 13.0 Å². The number of nitrogens with one attached hydrogen (secondary N) is 2. The zero-order valence-electron chi connectivity index (χ0n) is 11.5. The van der Waals surface area contributed by atoms with Crippen LogP contribution >= 0.6 is 0 Å². The van der Waals surface area contributed by atoms with Crippen molar-refractivity contribution in [1.29, 1.82) is 0 Å². The summed E-state index contributed by atoms with van der Waals surface area (Å²) in [6.45, 7) is 3.25. The molecule has 104 valence electrons. The van der Waals surface area contributed by atoms with Crippen LogP contribution in [-0.2, 0) is 29.2 Å². The number of hydrogen-bond donors (Lipinski definition) is 2. The number of ether oxygens (including phenoxy) is 1. The molecule has 0 unspecified atom stereocenters. The van der Waals surface area contributed by atoms with Gasteiger partial charge in [0.2, 0.25) is 5.91 Å². The molecule has 0 spiro atoms. The van der Waals surface area contributed by atoms with E-state index in [9.17, 15) is 4.79 Å². The Balaban J connectivity index is 1.71. The third-order valence-corrected chi connectivity index (χ3v) is 3.39. The summed E-state index contributed by atoms with van der Waals surface area (Å²) < 4.78 is 4.96. The van der Waals surface area contributed by atoms with Gasteiger partial charge in [-0.3, -0.25) is 4.79 Å². The molecule has 19 heavy (non-hydrogen) atoms. The molecule has 0 radical (unpaired) electrons. The van der Waals surface area contributed by atoms with Gasteiger partial charge in [0.1, 0.15) is 0 Å². The van der Waals surface area contributed by atoms with Gasteiger partial charge in [0.15, 0.2) is 0 Å². The van der Waals surface area contributed by atoms with Crippen LogP contribution in [0.3, 0.4) is 0 Å². The molecule has 0 atom stereocenters. The molecule has 1 aliphatic heterocycles. The van der Waals surface area contributed by atoms with Crippen LogP contribution in [0, 0.1) is 0 Å². The van der Waals surface area contributed by atoms with Crippen molar-refractivity contribution in [2.24, 2.45) is 0 Å². The molecule has 2 N–H and O–H groups in total. The predicted octanol–water partition coefficient (Wildman–Crippen LogP) is 1.72. The van der Waals surface area contributed by atoms with Gasteiger partial charge in [0, 0.05) is 39.8 Å². The van der Waals surface area contributed by atoms with E-state index in [0.717, 1.165) is 32.5 Å². The summed E-state index contributed by atoms with van der Waals surface area (Å²) in [7, 11) is 1.68. The van der Waals surface area contributed by atoms with E-state index in [2.05, 4.69) is 28.8 Å². The van der Waals surface area contributed by atoms with Crippen molar-refractivity contribution in [3.8, 4) is 0 Å². The highest BCUT2D eigenvalue weighted by Crippen LogP contribution is 2.16. The molecule has 1 amide bonds. The Morgan fingerprint density at radius 1 is 1.32 bits per heavy atom. The Morgan fingerprint density at radius 2 is 2.16 bits per heavy atom. The van der Waals surface area contributed by atoms with Gasteiger partial charge >= 0.3 is 0 Å². The van der Waals surface area contributed by atoms with Crippen LogP contribution in [0.2, 0.25) is 0 Å². The van der Waals surface area contributed by atoms with Gasteiger partial charge in [-0.2, -0.15) is 0 Å². The Bertz CT molecular complexity index is 432. The highest BCUT2D eigenvalue weighted by atomic mass is 16.5. The molecular formula is C15H22N2O2. The van der Waals surface area contributed by atoms with Crippen LogP contribution in [0.4, 0.5) is 0 Å². The smallest absolute Gasteiger partial charge is 0.220 e. The molecule has 1 aromatic carbocycles. The normalized spacial score (nSPS) is 13.3. The molecular weight excluding hydrogens is 240 g/mol. The number of fused-ring (bicyclic) bond motifs is 1. The minimum absolute atomic E-state index is 0.120. The number of unbranched alkanes of at least 4 members (excludes halogenated alkanes) is 1. The molecule has 2 rings (SSSR count). The number of rotatable bonds is 7. The zero-order chi connectivity index (χ0) is 13.5. The van der Waals surface area contributed by atoms with Gasteiger partial charge < -0.3 is 15.4 Å². The Hall–Kier alpha value is -1.39. The van der Waals surface area contributed by atoms with Crippen LogP contribution in [0.25, 0.3) is 0 Å². The summed E-state index contributed by atoms with van der Waals surface area (Å²) in [5, 5.41) is 6.29. The minimum Gasteiger partial charge on any atom is -0.385 e. The lowest BCUT2D eigenvalue weighted by molar-refractivity contribution is -0.121. The first-order chi connectivity index (χ1) is 9.29. The molecule has 4 heteroatoms. The number of methoxy groups -OCH3 is 1. The van der Waals surface area contributed by atoms with E-state index in [1.54, 1.807) is 7.11 Å². The molecule has 0 saturated heterocycles. The third-order valence-electron chi connectivity index (χ3n) is 3.39. The maximum atomic E-state index is 11.6. The third kappa shape index (κ3) is 4.33. The minimum atomic E-state index is 0.120. The average molecular weight is 262 g/mol. The predicted molar refractivity (Wildman–Crippen MR) is 74.6 cm³/mol. The summed E-state index contributed by atoms with van der Waals surface area (Å²) in [5.41, 5.74) is 3.90. The summed E-state index contributed by atoms with van der Waals surface area (Å²) in [4.78, 5) is 11.6. The van der Waals surface area contributed by atoms with Crippen molar-refractivity contribution in [3.05, 3.63) is 34.9 Å². The number of benzene rings is 1. The number of amides is 1. The lowest BCUT2D eigenvalue weighted by atomic mass is 10.1. The molecule has 0 saturated carbocycles. The zero-order valence-corrected chi connectivity index (χ0v) is 11.5. The van der Waals surface area contributed by atoms with Gasteiger partial charge in [-0.15, -0.1) is 0 Å². The van der Waals surface area contributed by atoms with Crippen LogP contribution in [0.5, 0.6) is 0 Å². The molecule has 1 heterocycles. The molecule has 0 aromatic heterocycles. The molecule has 0 bridgehead atoms. The van der Waals surface area contributed by atoms with Gasteiger partial charge in [-0.05, 0) is 29.5 Å². The summed E-state index contributed by atoms with van der Waals surface area (Å²) in [6, 6.07) is 6.42. The van der Waals surface area contributed by atoms with Gasteiger partial charge in [0.25, 0.3) is 0 Å². The van der Waals surface area contributed by atoms with E-state index in [-0.39, 0.29) is 5.91 Å². The second kappa shape index (κ2) is 7.26. The van der Waals surface area contributed by atoms with E-state index in [1.165, 1.54) is 16.7 Å². The van der Waals surface area contributed by atoms with E-state index < -0.39 is 0 Å². The quantitative estimate of drug-likeness (QED) is 0.736. The first-order valence-electron chi connectivity index (χ1n) is 6.86. The van der Waals surface area contributed by atoms with Crippen molar-refractivity contribution >= 4 is 5.91 Å². The second-order valence-electron chi connectivity index (χ2n) is 4.93. The van der Waals surface area contributed by atoms with Crippen LogP contribution < -0.4 is 10.6 Å². The van der Waals surface area contributed by atoms with Gasteiger partial charge in [-0.25, -0.2) is 0 Å². The summed E-state index contributed by atoms with van der Waals surface area (Å²) in [6.07, 6.45) is 2.40. The maximum absolute atomic E-state index is 11.6. The lowest BCUT2D eigenvalue weighted by Crippen LogP contribution is -2.22. The summed E-state index contributed by atoms with van der Waals surface area (Å²) >= 11 is 0. The number of hydrogen-bond acceptors (Lipinski definition) is 3. The van der Waals surface area contributed by atoms with Crippen LogP contribution in [0.15, 0.2) is 18.2 Å². The van der Waals surface area contributed by atoms with E-state index in [4.69, 9.17) is 4.74 Å². The van der Waals surface area contributed by atoms with Crippen molar-refractivity contribution in [2.45, 2.75) is 38.9 Å². The van der Waals surface area contributed by atoms with Gasteiger partial charge in [0.05, 0.1) is 0 Å². The van der Waals surface area contributed by atoms with E-state index >= 15 is 0 Å². The monoisotopic (exact) mass is 262 g/mol. The molecule has 0 fully saturated rings. The van der Waals surface area contributed by atoms with E-state index in [1.807, 2.05) is 0 Å². The fraction of sp³-hybridized carbons (Fsp3) is 0.533. The second-order valence-corrected chi connectivity index (χ2v) is 4.93. The van der Waals surface area contributed by atoms with Crippen molar-refractivity contribution in [1.82, 2.24) is 10.6 Å². The molecule has 4 nitrogen and oxygen atoms in total. The molecule has 0 aliphatic carbocycles. The van der Waals surface area contributed by atoms with Crippen molar-refractivity contribution < 1.29 is 9.53 Å². The van der Waals surface area contributed by atoms with Crippen molar-refractivity contribution in [3.63, 3.8) is 0 Å². The van der Waals surface area contributed by atoms with Crippen LogP contribution in [-0.4, -0.2) is 19.6 Å². The Kier molecular flexibility index (Phi) is 5.36. The number of carbonyl (C=O) groups is 1. The standard InChI is InChI=1S/C15H22N2O2/c1-19-7-3-2-4-15(18)17-9-12-5-6-13-10-16-11-14(13)8-12/h5-6,8,16H,2-4,7,9-11H2,1H3,(H,17,18). The highest BCUT2D eigenvalue weighted by Gasteiger charge is 2.10. The van der Waals surface area contributed by atoms with Crippen molar-refractivity contribution in [2.75, 3.05) is 13.7 Å². The topological polar surface area (TPSA) is 50.4 Å². The molecule has 1 aliphatic rings. The fourth-order valence-electron chi connectivity index (χ4n) is 2.28. The SMILES string of the molecule is COCCCCC(=O)NCc1ccc2c(c1)CNC2. The Labute approximate surface area is 114 Å². The largest absolute Gasteiger partial charge is 0.385 e. The van der Waals surface area contributed by atoms with Crippen LogP contribution in [0.1, 0.15) is 36.0 Å². The first-order valence-corrected chi connectivity index (χ1v) is 6.86. The lowest BCUT2D eigenvalue weighted by Gasteiger charge is -2.07. The van der Waals surface area contributed by atoms with Gasteiger partial charge in [-0.1, -0.05) is 18.2 Å². The first kappa shape index (κ1) is 14.0. The molecule has 1 aromatic rings. The highest BCUT2D eigenvalue weighted by molar-refractivity contribution is 5.75. The fourth-order valence-corrected chi connectivity index (χ4v) is 2.28. The summed E-state index contributed by atoms with van der Waals surface area (Å²) in [5.74, 6) is 0.120.